The number of likely N-dealkylation sites (tertiary alicyclic amines) is 1. The highest BCUT2D eigenvalue weighted by Crippen LogP contribution is 2.43. The van der Waals surface area contributed by atoms with Gasteiger partial charge in [-0.2, -0.15) is 12.6 Å². The first kappa shape index (κ1) is 9.81. The quantitative estimate of drug-likeness (QED) is 0.691. The van der Waals surface area contributed by atoms with E-state index < -0.39 is 0 Å². The highest BCUT2D eigenvalue weighted by atomic mass is 32.1. The van der Waals surface area contributed by atoms with Gasteiger partial charge >= 0.3 is 0 Å². The maximum atomic E-state index is 5.39. The first-order valence-corrected chi connectivity index (χ1v) is 5.77. The van der Waals surface area contributed by atoms with Crippen LogP contribution in [0.4, 0.5) is 0 Å². The summed E-state index contributed by atoms with van der Waals surface area (Å²) in [6.07, 6.45) is 2.59. The zero-order valence-electron chi connectivity index (χ0n) is 8.33. The highest BCUT2D eigenvalue weighted by molar-refractivity contribution is 7.80. The van der Waals surface area contributed by atoms with Crippen LogP contribution in [-0.4, -0.2) is 44.0 Å². The third-order valence-electron chi connectivity index (χ3n) is 3.65. The Morgan fingerprint density at radius 3 is 2.69 bits per heavy atom. The molecule has 2 saturated heterocycles. The van der Waals surface area contributed by atoms with Gasteiger partial charge in [0.15, 0.2) is 0 Å². The number of hydrogen-bond donors (Lipinski definition) is 1. The van der Waals surface area contributed by atoms with E-state index in [9.17, 15) is 0 Å². The van der Waals surface area contributed by atoms with Crippen molar-refractivity contribution in [2.45, 2.75) is 12.8 Å². The lowest BCUT2D eigenvalue weighted by Crippen LogP contribution is -2.49. The Morgan fingerprint density at radius 1 is 1.54 bits per heavy atom. The van der Waals surface area contributed by atoms with Crippen molar-refractivity contribution >= 4 is 12.6 Å². The van der Waals surface area contributed by atoms with Crippen LogP contribution in [0.3, 0.4) is 0 Å². The van der Waals surface area contributed by atoms with Gasteiger partial charge in [-0.1, -0.05) is 0 Å². The molecule has 2 aliphatic rings. The molecule has 2 aliphatic heterocycles. The van der Waals surface area contributed by atoms with Crippen molar-refractivity contribution in [3.63, 3.8) is 0 Å². The molecule has 2 fully saturated rings. The predicted octanol–water partition coefficient (Wildman–Crippen LogP) is 1.27. The fourth-order valence-corrected chi connectivity index (χ4v) is 3.05. The molecule has 3 heteroatoms. The Morgan fingerprint density at radius 2 is 2.31 bits per heavy atom. The fourth-order valence-electron chi connectivity index (χ4n) is 2.61. The molecule has 0 amide bonds. The van der Waals surface area contributed by atoms with E-state index in [0.717, 1.165) is 24.9 Å². The van der Waals surface area contributed by atoms with Crippen LogP contribution >= 0.6 is 12.6 Å². The summed E-state index contributed by atoms with van der Waals surface area (Å²) in [5.74, 6) is 1.86. The second-order valence-corrected chi connectivity index (χ2v) is 5.02. The molecular weight excluding hydrogens is 182 g/mol. The van der Waals surface area contributed by atoms with Crippen LogP contribution in [0.25, 0.3) is 0 Å². The van der Waals surface area contributed by atoms with Gasteiger partial charge in [0, 0.05) is 12.0 Å². The zero-order valence-corrected chi connectivity index (χ0v) is 9.22. The molecule has 0 N–H and O–H groups in total. The number of thiol groups is 1. The summed E-state index contributed by atoms with van der Waals surface area (Å²) in [5.41, 5.74) is 0.493. The molecule has 0 saturated carbocycles. The van der Waals surface area contributed by atoms with Crippen molar-refractivity contribution in [1.29, 1.82) is 0 Å². The van der Waals surface area contributed by atoms with Gasteiger partial charge in [-0.3, -0.25) is 0 Å². The first-order valence-electron chi connectivity index (χ1n) is 5.14. The van der Waals surface area contributed by atoms with Gasteiger partial charge in [-0.15, -0.1) is 0 Å². The average Bonchev–Trinajstić information content (AvgIpc) is 2.44. The van der Waals surface area contributed by atoms with Crippen LogP contribution in [0.15, 0.2) is 0 Å². The van der Waals surface area contributed by atoms with Crippen molar-refractivity contribution in [1.82, 2.24) is 4.90 Å². The van der Waals surface area contributed by atoms with Gasteiger partial charge in [0.2, 0.25) is 0 Å². The van der Waals surface area contributed by atoms with Gasteiger partial charge in [-0.05, 0) is 38.1 Å². The number of nitrogens with zero attached hydrogens (tertiary/aromatic N) is 1. The van der Waals surface area contributed by atoms with Gasteiger partial charge in [0.05, 0.1) is 13.2 Å². The molecule has 0 aromatic rings. The smallest absolute Gasteiger partial charge is 0.0548 e. The van der Waals surface area contributed by atoms with Crippen molar-refractivity contribution in [2.24, 2.45) is 11.3 Å². The Bertz CT molecular complexity index is 182. The standard InChI is InChI=1S/C10H19NOS/c1-11-4-2-9(6-11)10(3-5-13)7-12-8-10/h9,13H,2-8H2,1H3. The van der Waals surface area contributed by atoms with Crippen LogP contribution in [0, 0.1) is 11.3 Å². The molecule has 0 spiro atoms. The van der Waals surface area contributed by atoms with Crippen LogP contribution in [0.1, 0.15) is 12.8 Å². The summed E-state index contributed by atoms with van der Waals surface area (Å²) >= 11 is 4.35. The van der Waals surface area contributed by atoms with Gasteiger partial charge in [0.1, 0.15) is 0 Å². The average molecular weight is 201 g/mol. The van der Waals surface area contributed by atoms with E-state index in [0.29, 0.717) is 5.41 Å². The van der Waals surface area contributed by atoms with Crippen LogP contribution in [0.5, 0.6) is 0 Å². The Hall–Kier alpha value is 0.270. The summed E-state index contributed by atoms with van der Waals surface area (Å²) in [7, 11) is 2.22. The van der Waals surface area contributed by atoms with Crippen molar-refractivity contribution in [3.05, 3.63) is 0 Å². The van der Waals surface area contributed by atoms with E-state index in [1.807, 2.05) is 0 Å². The molecule has 1 unspecified atom stereocenters. The molecule has 0 radical (unpaired) electrons. The number of rotatable bonds is 3. The summed E-state index contributed by atoms with van der Waals surface area (Å²) < 4.78 is 5.39. The summed E-state index contributed by atoms with van der Waals surface area (Å²) in [6.45, 7) is 4.48. The molecule has 2 heterocycles. The second-order valence-electron chi connectivity index (χ2n) is 4.58. The van der Waals surface area contributed by atoms with Crippen LogP contribution < -0.4 is 0 Å². The van der Waals surface area contributed by atoms with Gasteiger partial charge < -0.3 is 9.64 Å². The minimum Gasteiger partial charge on any atom is -0.380 e. The van der Waals surface area contributed by atoms with Crippen molar-refractivity contribution < 1.29 is 4.74 Å². The normalized spacial score (nSPS) is 33.2. The largest absolute Gasteiger partial charge is 0.380 e. The van der Waals surface area contributed by atoms with E-state index >= 15 is 0 Å². The monoisotopic (exact) mass is 201 g/mol. The molecule has 0 aliphatic carbocycles. The summed E-state index contributed by atoms with van der Waals surface area (Å²) in [6, 6.07) is 0. The molecular formula is C10H19NOS. The molecule has 1 atom stereocenters. The second kappa shape index (κ2) is 3.79. The minimum absolute atomic E-state index is 0.493. The van der Waals surface area contributed by atoms with E-state index in [4.69, 9.17) is 4.74 Å². The van der Waals surface area contributed by atoms with E-state index in [2.05, 4.69) is 24.6 Å². The lowest BCUT2D eigenvalue weighted by molar-refractivity contribution is -0.144. The van der Waals surface area contributed by atoms with Crippen LogP contribution in [0.2, 0.25) is 0 Å². The third-order valence-corrected chi connectivity index (χ3v) is 3.87. The molecule has 2 rings (SSSR count). The Labute approximate surface area is 86.0 Å². The first-order chi connectivity index (χ1) is 6.27. The maximum absolute atomic E-state index is 5.39. The van der Waals surface area contributed by atoms with Crippen molar-refractivity contribution in [2.75, 3.05) is 39.1 Å². The van der Waals surface area contributed by atoms with E-state index in [1.54, 1.807) is 0 Å². The number of hydrogen-bond acceptors (Lipinski definition) is 3. The van der Waals surface area contributed by atoms with Crippen molar-refractivity contribution in [3.8, 4) is 0 Å². The van der Waals surface area contributed by atoms with E-state index in [-0.39, 0.29) is 0 Å². The molecule has 13 heavy (non-hydrogen) atoms. The van der Waals surface area contributed by atoms with E-state index in [1.165, 1.54) is 25.9 Å². The third kappa shape index (κ3) is 1.74. The summed E-state index contributed by atoms with van der Waals surface area (Å²) in [4.78, 5) is 2.43. The molecule has 76 valence electrons. The lowest BCUT2D eigenvalue weighted by atomic mass is 9.71. The zero-order chi connectivity index (χ0) is 9.31. The molecule has 0 aromatic carbocycles. The minimum atomic E-state index is 0.493. The molecule has 0 aromatic heterocycles. The maximum Gasteiger partial charge on any atom is 0.0548 e. The summed E-state index contributed by atoms with van der Waals surface area (Å²) in [5, 5.41) is 0. The lowest BCUT2D eigenvalue weighted by Gasteiger charge is -2.46. The Kier molecular flexibility index (Phi) is 2.86. The topological polar surface area (TPSA) is 12.5 Å². The van der Waals surface area contributed by atoms with Crippen LogP contribution in [-0.2, 0) is 4.74 Å². The SMILES string of the molecule is CN1CCC(C2(CCS)COC2)C1. The van der Waals surface area contributed by atoms with Gasteiger partial charge in [-0.25, -0.2) is 0 Å². The number of ether oxygens (including phenoxy) is 1. The van der Waals surface area contributed by atoms with Gasteiger partial charge in [0.25, 0.3) is 0 Å². The molecule has 2 nitrogen and oxygen atoms in total. The Balaban J connectivity index is 1.96. The molecule has 0 bridgehead atoms. The fraction of sp³-hybridized carbons (Fsp3) is 1.00. The predicted molar refractivity (Wildman–Crippen MR) is 57.3 cm³/mol. The highest BCUT2D eigenvalue weighted by Gasteiger charge is 2.46.